The third-order valence-electron chi connectivity index (χ3n) is 3.71. The number of hydrogen-bond acceptors (Lipinski definition) is 3. The van der Waals surface area contributed by atoms with Crippen molar-refractivity contribution in [2.75, 3.05) is 5.32 Å². The summed E-state index contributed by atoms with van der Waals surface area (Å²) in [7, 11) is 2.01. The Morgan fingerprint density at radius 1 is 1.22 bits per heavy atom. The van der Waals surface area contributed by atoms with E-state index in [4.69, 9.17) is 0 Å². The molecular weight excluding hydrogens is 226 g/mol. The Bertz CT molecular complexity index is 507. The second-order valence-electron chi connectivity index (χ2n) is 4.90. The molecule has 96 valence electrons. The van der Waals surface area contributed by atoms with Crippen molar-refractivity contribution in [1.29, 1.82) is 0 Å². The Labute approximate surface area is 107 Å². The van der Waals surface area contributed by atoms with Crippen LogP contribution in [0.15, 0.2) is 24.8 Å². The number of anilines is 1. The summed E-state index contributed by atoms with van der Waals surface area (Å²) in [4.78, 5) is 8.71. The van der Waals surface area contributed by atoms with Crippen molar-refractivity contribution in [1.82, 2.24) is 19.1 Å². The second kappa shape index (κ2) is 4.84. The smallest absolute Gasteiger partial charge is 0.203 e. The Hall–Kier alpha value is -1.78. The zero-order chi connectivity index (χ0) is 12.4. The number of imidazole rings is 2. The van der Waals surface area contributed by atoms with Crippen molar-refractivity contribution in [3.63, 3.8) is 0 Å². The van der Waals surface area contributed by atoms with Gasteiger partial charge in [0.25, 0.3) is 0 Å². The molecule has 0 amide bonds. The quantitative estimate of drug-likeness (QED) is 0.899. The Balaban J connectivity index is 1.69. The molecule has 5 heteroatoms. The van der Waals surface area contributed by atoms with Gasteiger partial charge in [-0.25, -0.2) is 9.97 Å². The molecule has 0 spiro atoms. The first-order valence-electron chi connectivity index (χ1n) is 6.57. The SMILES string of the molecule is Cn1ccnc1CNc1nccn1C1CCCC1. The molecule has 1 fully saturated rings. The first-order chi connectivity index (χ1) is 8.84. The van der Waals surface area contributed by atoms with E-state index in [0.29, 0.717) is 12.6 Å². The summed E-state index contributed by atoms with van der Waals surface area (Å²) < 4.78 is 4.30. The standard InChI is InChI=1S/C13H19N5/c1-17-8-6-14-12(17)10-16-13-15-7-9-18(13)11-4-2-3-5-11/h6-9,11H,2-5,10H2,1H3,(H,15,16). The van der Waals surface area contributed by atoms with Gasteiger partial charge in [-0.15, -0.1) is 0 Å². The van der Waals surface area contributed by atoms with Crippen molar-refractivity contribution < 1.29 is 0 Å². The fourth-order valence-corrected chi connectivity index (χ4v) is 2.65. The van der Waals surface area contributed by atoms with Crippen molar-refractivity contribution in [2.24, 2.45) is 7.05 Å². The van der Waals surface area contributed by atoms with E-state index in [1.165, 1.54) is 25.7 Å². The van der Waals surface area contributed by atoms with E-state index in [1.807, 2.05) is 30.2 Å². The van der Waals surface area contributed by atoms with Crippen LogP contribution in [0.25, 0.3) is 0 Å². The van der Waals surface area contributed by atoms with Gasteiger partial charge in [-0.1, -0.05) is 12.8 Å². The lowest BCUT2D eigenvalue weighted by Gasteiger charge is -2.15. The largest absolute Gasteiger partial charge is 0.348 e. The highest BCUT2D eigenvalue weighted by Gasteiger charge is 2.19. The van der Waals surface area contributed by atoms with Gasteiger partial charge in [-0.3, -0.25) is 0 Å². The molecule has 3 rings (SSSR count). The van der Waals surface area contributed by atoms with Gasteiger partial charge in [-0.2, -0.15) is 0 Å². The topological polar surface area (TPSA) is 47.7 Å². The predicted molar refractivity (Wildman–Crippen MR) is 70.3 cm³/mol. The summed E-state index contributed by atoms with van der Waals surface area (Å²) in [5, 5.41) is 3.38. The van der Waals surface area contributed by atoms with Crippen molar-refractivity contribution in [2.45, 2.75) is 38.3 Å². The number of aryl methyl sites for hydroxylation is 1. The summed E-state index contributed by atoms with van der Waals surface area (Å²) in [6.07, 6.45) is 12.9. The number of nitrogens with zero attached hydrogens (tertiary/aromatic N) is 4. The van der Waals surface area contributed by atoms with E-state index in [9.17, 15) is 0 Å². The Kier molecular flexibility index (Phi) is 3.04. The molecule has 0 unspecified atom stereocenters. The molecule has 1 aliphatic carbocycles. The zero-order valence-corrected chi connectivity index (χ0v) is 10.7. The molecule has 2 aromatic rings. The van der Waals surface area contributed by atoms with Crippen LogP contribution in [0.5, 0.6) is 0 Å². The lowest BCUT2D eigenvalue weighted by molar-refractivity contribution is 0.522. The van der Waals surface area contributed by atoms with Gasteiger partial charge in [0.05, 0.1) is 6.54 Å². The average Bonchev–Trinajstić information content (AvgIpc) is 3.07. The summed E-state index contributed by atoms with van der Waals surface area (Å²) in [5.41, 5.74) is 0. The minimum absolute atomic E-state index is 0.622. The van der Waals surface area contributed by atoms with Gasteiger partial charge in [-0.05, 0) is 12.8 Å². The van der Waals surface area contributed by atoms with Crippen molar-refractivity contribution in [3.8, 4) is 0 Å². The molecule has 0 aliphatic heterocycles. The van der Waals surface area contributed by atoms with Gasteiger partial charge in [0.15, 0.2) is 0 Å². The predicted octanol–water partition coefficient (Wildman–Crippen LogP) is 2.34. The van der Waals surface area contributed by atoms with Crippen LogP contribution in [0.2, 0.25) is 0 Å². The van der Waals surface area contributed by atoms with Gasteiger partial charge >= 0.3 is 0 Å². The zero-order valence-electron chi connectivity index (χ0n) is 10.7. The highest BCUT2D eigenvalue weighted by atomic mass is 15.2. The first-order valence-corrected chi connectivity index (χ1v) is 6.57. The first kappa shape index (κ1) is 11.3. The van der Waals surface area contributed by atoms with Crippen LogP contribution in [0, 0.1) is 0 Å². The maximum Gasteiger partial charge on any atom is 0.203 e. The van der Waals surface area contributed by atoms with Gasteiger partial charge in [0.2, 0.25) is 5.95 Å². The number of aromatic nitrogens is 4. The average molecular weight is 245 g/mol. The number of hydrogen-bond donors (Lipinski definition) is 1. The van der Waals surface area contributed by atoms with Crippen LogP contribution in [-0.2, 0) is 13.6 Å². The van der Waals surface area contributed by atoms with Crippen LogP contribution in [-0.4, -0.2) is 19.1 Å². The summed E-state index contributed by atoms with van der Waals surface area (Å²) in [6.45, 7) is 0.716. The van der Waals surface area contributed by atoms with Crippen molar-refractivity contribution >= 4 is 5.95 Å². The van der Waals surface area contributed by atoms with E-state index >= 15 is 0 Å². The minimum atomic E-state index is 0.622. The molecule has 0 aromatic carbocycles. The monoisotopic (exact) mass is 245 g/mol. The Morgan fingerprint density at radius 3 is 2.72 bits per heavy atom. The number of rotatable bonds is 4. The molecule has 18 heavy (non-hydrogen) atoms. The molecule has 2 heterocycles. The maximum absolute atomic E-state index is 4.40. The van der Waals surface area contributed by atoms with Gasteiger partial charge < -0.3 is 14.5 Å². The van der Waals surface area contributed by atoms with Crippen LogP contribution in [0.3, 0.4) is 0 Å². The molecule has 0 saturated heterocycles. The lowest BCUT2D eigenvalue weighted by atomic mass is 10.2. The van der Waals surface area contributed by atoms with Crippen LogP contribution >= 0.6 is 0 Å². The molecule has 1 aliphatic rings. The fourth-order valence-electron chi connectivity index (χ4n) is 2.65. The van der Waals surface area contributed by atoms with Gasteiger partial charge in [0, 0.05) is 37.9 Å². The summed E-state index contributed by atoms with van der Waals surface area (Å²) >= 11 is 0. The minimum Gasteiger partial charge on any atom is -0.348 e. The fraction of sp³-hybridized carbons (Fsp3) is 0.538. The van der Waals surface area contributed by atoms with E-state index in [-0.39, 0.29) is 0 Å². The highest BCUT2D eigenvalue weighted by molar-refractivity contribution is 5.27. The van der Waals surface area contributed by atoms with Crippen LogP contribution < -0.4 is 5.32 Å². The normalized spacial score (nSPS) is 16.3. The molecule has 0 radical (unpaired) electrons. The molecule has 0 atom stereocenters. The molecule has 1 saturated carbocycles. The van der Waals surface area contributed by atoms with E-state index in [2.05, 4.69) is 26.0 Å². The second-order valence-corrected chi connectivity index (χ2v) is 4.90. The summed E-state index contributed by atoms with van der Waals surface area (Å²) in [5.74, 6) is 1.99. The van der Waals surface area contributed by atoms with Gasteiger partial charge in [0.1, 0.15) is 5.82 Å². The third-order valence-corrected chi connectivity index (χ3v) is 3.71. The molecule has 2 aromatic heterocycles. The Morgan fingerprint density at radius 2 is 2.00 bits per heavy atom. The van der Waals surface area contributed by atoms with Crippen LogP contribution in [0.4, 0.5) is 5.95 Å². The van der Waals surface area contributed by atoms with Crippen molar-refractivity contribution in [3.05, 3.63) is 30.6 Å². The molecule has 1 N–H and O–H groups in total. The molecule has 0 bridgehead atoms. The van der Waals surface area contributed by atoms with E-state index in [0.717, 1.165) is 11.8 Å². The van der Waals surface area contributed by atoms with Crippen LogP contribution in [0.1, 0.15) is 37.5 Å². The maximum atomic E-state index is 4.40. The third kappa shape index (κ3) is 2.12. The number of nitrogens with one attached hydrogen (secondary N) is 1. The summed E-state index contributed by atoms with van der Waals surface area (Å²) in [6, 6.07) is 0.622. The van der Waals surface area contributed by atoms with E-state index < -0.39 is 0 Å². The molecule has 5 nitrogen and oxygen atoms in total. The lowest BCUT2D eigenvalue weighted by Crippen LogP contribution is -2.12. The van der Waals surface area contributed by atoms with E-state index in [1.54, 1.807) is 0 Å². The molecular formula is C13H19N5. The highest BCUT2D eigenvalue weighted by Crippen LogP contribution is 2.31.